The van der Waals surface area contributed by atoms with Crippen molar-refractivity contribution in [2.75, 3.05) is 0 Å². The van der Waals surface area contributed by atoms with Crippen LogP contribution in [-0.2, 0) is 31.2 Å². The summed E-state index contributed by atoms with van der Waals surface area (Å²) in [6.45, 7) is 0. The molecule has 0 fully saturated rings. The fraction of sp³-hybridized carbons (Fsp3) is 0. The molecule has 0 aromatic rings. The average Bonchev–Trinajstić information content (AvgIpc) is 1.97. The van der Waals surface area contributed by atoms with Gasteiger partial charge in [-0.15, -0.1) is 0 Å². The smallest absolute Gasteiger partial charge is 0.356 e. The second kappa shape index (κ2) is 36.0. The SMILES string of the molecule is O=[N+]([O-])[O-].O=[N+]([O-])[O-].O=[N+]([O-])[O-].O=[N+]([O-])[O-].OOO.[Zr+4]. The second-order valence-corrected chi connectivity index (χ2v) is 0.976. The number of rotatable bonds is 0. The van der Waals surface area contributed by atoms with E-state index in [1.165, 1.54) is 0 Å². The summed E-state index contributed by atoms with van der Waals surface area (Å²) in [7, 11) is 0. The van der Waals surface area contributed by atoms with Crippen LogP contribution >= 0.6 is 0 Å². The summed E-state index contributed by atoms with van der Waals surface area (Å²) in [6.07, 6.45) is 0. The van der Waals surface area contributed by atoms with Crippen LogP contribution in [-0.4, -0.2) is 30.9 Å². The molecule has 0 heterocycles. The van der Waals surface area contributed by atoms with Crippen molar-refractivity contribution in [2.45, 2.75) is 0 Å². The molecule has 0 saturated carbocycles. The molecule has 0 aliphatic carbocycles. The van der Waals surface area contributed by atoms with Gasteiger partial charge in [-0.1, -0.05) is 5.04 Å². The molecule has 0 aromatic heterocycles. The predicted octanol–water partition coefficient (Wildman–Crippen LogP) is -1.01. The van der Waals surface area contributed by atoms with Crippen molar-refractivity contribution in [2.24, 2.45) is 0 Å². The van der Waals surface area contributed by atoms with Gasteiger partial charge in [-0.05, 0) is 0 Å². The third kappa shape index (κ3) is 556. The number of nitrogens with zero attached hydrogens (tertiary/aromatic N) is 4. The topological polar surface area (TPSA) is 314 Å². The third-order valence-corrected chi connectivity index (χ3v) is 0. The summed E-state index contributed by atoms with van der Waals surface area (Å²) in [5.41, 5.74) is 0. The Kier molecular flexibility index (Phi) is 64.8. The Balaban J connectivity index is -0.0000000304. The van der Waals surface area contributed by atoms with Crippen molar-refractivity contribution in [3.63, 3.8) is 0 Å². The Morgan fingerprint density at radius 1 is 0.550 bits per heavy atom. The molecule has 20 heavy (non-hydrogen) atoms. The molecular formula is H2N4O15Zr. The van der Waals surface area contributed by atoms with E-state index < -0.39 is 20.3 Å². The van der Waals surface area contributed by atoms with Crippen LogP contribution in [0.5, 0.6) is 0 Å². The van der Waals surface area contributed by atoms with Crippen LogP contribution in [0.1, 0.15) is 0 Å². The normalized spacial score (nSPS) is 5.70. The van der Waals surface area contributed by atoms with Crippen LogP contribution in [0, 0.1) is 61.3 Å². The van der Waals surface area contributed by atoms with Gasteiger partial charge < -0.3 is 61.3 Å². The Bertz CT molecular complexity index is 172. The van der Waals surface area contributed by atoms with Gasteiger partial charge >= 0.3 is 26.2 Å². The molecule has 0 saturated heterocycles. The van der Waals surface area contributed by atoms with Crippen LogP contribution in [0.25, 0.3) is 0 Å². The zero-order chi connectivity index (χ0) is 17.0. The molecule has 19 nitrogen and oxygen atoms in total. The van der Waals surface area contributed by atoms with E-state index in [1.807, 2.05) is 0 Å². The van der Waals surface area contributed by atoms with E-state index in [1.54, 1.807) is 0 Å². The first kappa shape index (κ1) is 36.0. The van der Waals surface area contributed by atoms with Gasteiger partial charge in [0.2, 0.25) is 0 Å². The largest absolute Gasteiger partial charge is 4.00 e. The summed E-state index contributed by atoms with van der Waals surface area (Å²) in [5.74, 6) is 0. The minimum atomic E-state index is -1.75. The van der Waals surface area contributed by atoms with Gasteiger partial charge in [-0.3, -0.25) is 0 Å². The Morgan fingerprint density at radius 2 is 0.550 bits per heavy atom. The van der Waals surface area contributed by atoms with E-state index in [0.29, 0.717) is 0 Å². The van der Waals surface area contributed by atoms with Crippen molar-refractivity contribution in [3.8, 4) is 0 Å². The number of hydrogen-bond acceptors (Lipinski definition) is 15. The van der Waals surface area contributed by atoms with E-state index in [9.17, 15) is 0 Å². The molecule has 0 atom stereocenters. The van der Waals surface area contributed by atoms with Gasteiger partial charge in [0, 0.05) is 0 Å². The van der Waals surface area contributed by atoms with Crippen molar-refractivity contribution in [3.05, 3.63) is 61.3 Å². The molecular weight excluding hydrogens is 387 g/mol. The molecule has 0 aliphatic rings. The van der Waals surface area contributed by atoms with Crippen LogP contribution in [0.2, 0.25) is 0 Å². The quantitative estimate of drug-likeness (QED) is 0.284. The molecule has 0 aromatic carbocycles. The fourth-order valence-corrected chi connectivity index (χ4v) is 0. The van der Waals surface area contributed by atoms with Crippen molar-refractivity contribution < 1.29 is 62.1 Å². The maximum atomic E-state index is 8.25. The minimum Gasteiger partial charge on any atom is -0.356 e. The van der Waals surface area contributed by atoms with E-state index in [0.717, 1.165) is 0 Å². The maximum absolute atomic E-state index is 8.25. The Hall–Kier alpha value is -2.44. The van der Waals surface area contributed by atoms with E-state index in [2.05, 4.69) is 5.04 Å². The molecule has 0 bridgehead atoms. The van der Waals surface area contributed by atoms with Gasteiger partial charge in [0.25, 0.3) is 0 Å². The van der Waals surface area contributed by atoms with Crippen LogP contribution in [0.3, 0.4) is 0 Å². The number of hydrogen-bond donors (Lipinski definition) is 2. The van der Waals surface area contributed by atoms with Crippen LogP contribution < -0.4 is 0 Å². The first-order valence-corrected chi connectivity index (χ1v) is 2.56. The first-order chi connectivity index (χ1) is 8.34. The van der Waals surface area contributed by atoms with Gasteiger partial charge in [0.05, 0.1) is 20.3 Å². The van der Waals surface area contributed by atoms with Crippen molar-refractivity contribution in [1.82, 2.24) is 0 Å². The standard InChI is InChI=1S/4NO3.H2O3.Zr/c4*2-1(3)4;1-3-2;/h;;;;1-2H;/q4*-1;;+4. The minimum absolute atomic E-state index is 0. The van der Waals surface area contributed by atoms with E-state index in [-0.39, 0.29) is 26.2 Å². The Labute approximate surface area is 124 Å². The van der Waals surface area contributed by atoms with Gasteiger partial charge in [-0.2, -0.15) is 0 Å². The Morgan fingerprint density at radius 3 is 0.550 bits per heavy atom. The fourth-order valence-electron chi connectivity index (χ4n) is 0. The van der Waals surface area contributed by atoms with Gasteiger partial charge in [0.1, 0.15) is 0 Å². The summed E-state index contributed by atoms with van der Waals surface area (Å²) in [6, 6.07) is 0. The average molecular weight is 389 g/mol. The summed E-state index contributed by atoms with van der Waals surface area (Å²) in [4.78, 5) is 33.0. The van der Waals surface area contributed by atoms with Crippen LogP contribution in [0.15, 0.2) is 0 Å². The summed E-state index contributed by atoms with van der Waals surface area (Å²) < 4.78 is 0. The first-order valence-electron chi connectivity index (χ1n) is 2.56. The van der Waals surface area contributed by atoms with Gasteiger partial charge in [0.15, 0.2) is 0 Å². The monoisotopic (exact) mass is 388 g/mol. The molecule has 0 amide bonds. The second-order valence-electron chi connectivity index (χ2n) is 0.976. The zero-order valence-electron chi connectivity index (χ0n) is 8.49. The molecule has 2 N–H and O–H groups in total. The summed E-state index contributed by atoms with van der Waals surface area (Å²) >= 11 is 0. The molecule has 20 heteroatoms. The molecule has 0 unspecified atom stereocenters. The molecule has 0 spiro atoms. The maximum Gasteiger partial charge on any atom is 4.00 e. The molecule has 0 aliphatic heterocycles. The van der Waals surface area contributed by atoms with E-state index in [4.69, 9.17) is 71.8 Å². The zero-order valence-corrected chi connectivity index (χ0v) is 10.9. The molecule has 0 rings (SSSR count). The predicted molar refractivity (Wildman–Crippen MR) is 47.8 cm³/mol. The molecule has 0 radical (unpaired) electrons. The summed E-state index contributed by atoms with van der Waals surface area (Å²) in [5, 5.41) is 74.5. The van der Waals surface area contributed by atoms with Crippen molar-refractivity contribution >= 4 is 0 Å². The third-order valence-electron chi connectivity index (χ3n) is 0. The van der Waals surface area contributed by atoms with Gasteiger partial charge in [-0.25, -0.2) is 10.5 Å². The van der Waals surface area contributed by atoms with Crippen molar-refractivity contribution in [1.29, 1.82) is 0 Å². The molecule has 116 valence electrons. The van der Waals surface area contributed by atoms with E-state index >= 15 is 0 Å². The van der Waals surface area contributed by atoms with Crippen LogP contribution in [0.4, 0.5) is 0 Å².